The summed E-state index contributed by atoms with van der Waals surface area (Å²) in [4.78, 5) is 21.8. The normalized spacial score (nSPS) is 13.3. The summed E-state index contributed by atoms with van der Waals surface area (Å²) >= 11 is 1.64. The molecule has 4 aromatic rings. The van der Waals surface area contributed by atoms with Crippen LogP contribution in [-0.4, -0.2) is 38.7 Å². The molecule has 0 radical (unpaired) electrons. The molecule has 0 atom stereocenters. The van der Waals surface area contributed by atoms with Crippen molar-refractivity contribution in [1.82, 2.24) is 19.9 Å². The van der Waals surface area contributed by atoms with E-state index < -0.39 is 21.4 Å². The lowest BCUT2D eigenvalue weighted by Gasteiger charge is -2.47. The number of benzene rings is 2. The Kier molecular flexibility index (Phi) is 5.57. The van der Waals surface area contributed by atoms with Crippen molar-refractivity contribution in [2.45, 2.75) is 21.8 Å². The van der Waals surface area contributed by atoms with Gasteiger partial charge < -0.3 is 4.90 Å². The standard InChI is InChI=1S/C23H19N5O3S2/c29-33(30,31)14-9-23(21-15-24-10-12-26-21,22-16-25-11-13-27-22)28-17-5-1-3-7-19(17)32-20-8-4-2-6-18(20)28/h1-8,10-13,15-16H,9,14H2,(H,29,30,31). The summed E-state index contributed by atoms with van der Waals surface area (Å²) in [6.07, 6.45) is 9.41. The summed E-state index contributed by atoms with van der Waals surface area (Å²) in [6.45, 7) is 0. The number of nitrogens with zero attached hydrogens (tertiary/aromatic N) is 5. The third-order valence-electron chi connectivity index (χ3n) is 5.51. The summed E-state index contributed by atoms with van der Waals surface area (Å²) in [5.41, 5.74) is 1.50. The minimum atomic E-state index is -4.29. The molecule has 8 nitrogen and oxygen atoms in total. The van der Waals surface area contributed by atoms with Gasteiger partial charge in [0.05, 0.1) is 40.9 Å². The highest BCUT2D eigenvalue weighted by Crippen LogP contribution is 2.55. The summed E-state index contributed by atoms with van der Waals surface area (Å²) in [6, 6.07) is 15.8. The van der Waals surface area contributed by atoms with Crippen LogP contribution in [0.3, 0.4) is 0 Å². The van der Waals surface area contributed by atoms with Gasteiger partial charge in [-0.2, -0.15) is 8.42 Å². The van der Waals surface area contributed by atoms with Gasteiger partial charge in [0.15, 0.2) is 0 Å². The van der Waals surface area contributed by atoms with Crippen LogP contribution in [0.4, 0.5) is 11.4 Å². The van der Waals surface area contributed by atoms with Gasteiger partial charge in [-0.05, 0) is 30.7 Å². The van der Waals surface area contributed by atoms with Crippen LogP contribution < -0.4 is 4.90 Å². The Balaban J connectivity index is 1.87. The van der Waals surface area contributed by atoms with E-state index in [-0.39, 0.29) is 6.42 Å². The van der Waals surface area contributed by atoms with Gasteiger partial charge in [0.1, 0.15) is 5.54 Å². The van der Waals surface area contributed by atoms with Gasteiger partial charge in [0.25, 0.3) is 10.1 Å². The average molecular weight is 478 g/mol. The second-order valence-electron chi connectivity index (χ2n) is 7.45. The van der Waals surface area contributed by atoms with Crippen molar-refractivity contribution in [3.05, 3.63) is 97.1 Å². The molecule has 0 saturated heterocycles. The first-order valence-electron chi connectivity index (χ1n) is 10.1. The zero-order valence-corrected chi connectivity index (χ0v) is 18.9. The van der Waals surface area contributed by atoms with Gasteiger partial charge in [0, 0.05) is 34.6 Å². The molecule has 1 N–H and O–H groups in total. The van der Waals surface area contributed by atoms with Crippen LogP contribution in [0, 0.1) is 0 Å². The Morgan fingerprint density at radius 1 is 0.818 bits per heavy atom. The van der Waals surface area contributed by atoms with Crippen LogP contribution in [0.25, 0.3) is 0 Å². The van der Waals surface area contributed by atoms with Crippen LogP contribution in [0.15, 0.2) is 95.5 Å². The van der Waals surface area contributed by atoms with Gasteiger partial charge in [-0.15, -0.1) is 0 Å². The first-order chi connectivity index (χ1) is 16.0. The second-order valence-corrected chi connectivity index (χ2v) is 10.1. The Bertz CT molecular complexity index is 1300. The fourth-order valence-corrected chi connectivity index (χ4v) is 5.76. The number of hydrogen-bond acceptors (Lipinski definition) is 8. The Morgan fingerprint density at radius 3 is 1.79 bits per heavy atom. The van der Waals surface area contributed by atoms with E-state index in [9.17, 15) is 13.0 Å². The Hall–Kier alpha value is -3.34. The first-order valence-corrected chi connectivity index (χ1v) is 12.6. The number of aromatic nitrogens is 4. The Labute approximate surface area is 195 Å². The molecular formula is C23H19N5O3S2. The number of hydrogen-bond donors (Lipinski definition) is 1. The van der Waals surface area contributed by atoms with Crippen molar-refractivity contribution in [3.8, 4) is 0 Å². The maximum atomic E-state index is 12.0. The molecule has 0 amide bonds. The van der Waals surface area contributed by atoms with E-state index in [1.54, 1.807) is 48.9 Å². The summed E-state index contributed by atoms with van der Waals surface area (Å²) in [7, 11) is -4.29. The predicted octanol–water partition coefficient (Wildman–Crippen LogP) is 4.09. The van der Waals surface area contributed by atoms with E-state index in [0.717, 1.165) is 21.2 Å². The quantitative estimate of drug-likeness (QED) is 0.411. The molecular weight excluding hydrogens is 458 g/mol. The Morgan fingerprint density at radius 2 is 1.33 bits per heavy atom. The van der Waals surface area contributed by atoms with E-state index in [2.05, 4.69) is 19.9 Å². The van der Waals surface area contributed by atoms with Gasteiger partial charge in [-0.25, -0.2) is 0 Å². The molecule has 5 rings (SSSR count). The molecule has 0 saturated carbocycles. The maximum Gasteiger partial charge on any atom is 0.264 e. The van der Waals surface area contributed by atoms with Crippen LogP contribution in [0.1, 0.15) is 17.8 Å². The van der Waals surface area contributed by atoms with Crippen molar-refractivity contribution in [1.29, 1.82) is 0 Å². The molecule has 0 aliphatic carbocycles. The molecule has 1 aliphatic rings. The minimum Gasteiger partial charge on any atom is -0.322 e. The molecule has 1 aliphatic heterocycles. The number of anilines is 2. The molecule has 10 heteroatoms. The highest BCUT2D eigenvalue weighted by molar-refractivity contribution is 7.99. The topological polar surface area (TPSA) is 109 Å². The molecule has 0 fully saturated rings. The van der Waals surface area contributed by atoms with E-state index in [1.165, 1.54) is 0 Å². The van der Waals surface area contributed by atoms with Gasteiger partial charge in [-0.3, -0.25) is 24.5 Å². The van der Waals surface area contributed by atoms with Gasteiger partial charge in [-0.1, -0.05) is 36.0 Å². The molecule has 0 unspecified atom stereocenters. The van der Waals surface area contributed by atoms with Crippen molar-refractivity contribution in [2.75, 3.05) is 10.7 Å². The smallest absolute Gasteiger partial charge is 0.264 e. The average Bonchev–Trinajstić information content (AvgIpc) is 2.84. The number of para-hydroxylation sites is 2. The highest BCUT2D eigenvalue weighted by atomic mass is 32.2. The lowest BCUT2D eigenvalue weighted by molar-refractivity contribution is 0.441. The van der Waals surface area contributed by atoms with Crippen molar-refractivity contribution in [3.63, 3.8) is 0 Å². The molecule has 0 spiro atoms. The molecule has 3 heterocycles. The SMILES string of the molecule is O=S(=O)(O)CCC(c1cnccn1)(c1cnccn1)N1c2ccccc2Sc2ccccc21. The fourth-order valence-electron chi connectivity index (χ4n) is 4.15. The van der Waals surface area contributed by atoms with Gasteiger partial charge >= 0.3 is 0 Å². The van der Waals surface area contributed by atoms with E-state index in [4.69, 9.17) is 0 Å². The van der Waals surface area contributed by atoms with Crippen molar-refractivity contribution < 1.29 is 13.0 Å². The number of rotatable bonds is 6. The second kappa shape index (κ2) is 8.54. The van der Waals surface area contributed by atoms with Crippen LogP contribution in [0.5, 0.6) is 0 Å². The lowest BCUT2D eigenvalue weighted by atomic mass is 9.84. The van der Waals surface area contributed by atoms with Crippen molar-refractivity contribution in [2.24, 2.45) is 0 Å². The largest absolute Gasteiger partial charge is 0.322 e. The fraction of sp³-hybridized carbons (Fsp3) is 0.130. The summed E-state index contributed by atoms with van der Waals surface area (Å²) in [5.74, 6) is -0.506. The van der Waals surface area contributed by atoms with Crippen LogP contribution in [0.2, 0.25) is 0 Å². The molecule has 2 aromatic heterocycles. The number of fused-ring (bicyclic) bond motifs is 2. The van der Waals surface area contributed by atoms with Crippen molar-refractivity contribution >= 4 is 33.3 Å². The molecule has 0 bridgehead atoms. The predicted molar refractivity (Wildman–Crippen MR) is 125 cm³/mol. The molecule has 166 valence electrons. The summed E-state index contributed by atoms with van der Waals surface area (Å²) in [5, 5.41) is 0. The first kappa shape index (κ1) is 21.5. The highest BCUT2D eigenvalue weighted by Gasteiger charge is 2.47. The van der Waals surface area contributed by atoms with E-state index in [1.807, 2.05) is 53.4 Å². The van der Waals surface area contributed by atoms with E-state index in [0.29, 0.717) is 11.4 Å². The monoisotopic (exact) mass is 477 g/mol. The zero-order valence-electron chi connectivity index (χ0n) is 17.3. The maximum absolute atomic E-state index is 12.0. The third kappa shape index (κ3) is 3.97. The minimum absolute atomic E-state index is 0.0312. The van der Waals surface area contributed by atoms with Gasteiger partial charge in [0.2, 0.25) is 0 Å². The van der Waals surface area contributed by atoms with E-state index >= 15 is 0 Å². The molecule has 33 heavy (non-hydrogen) atoms. The lowest BCUT2D eigenvalue weighted by Crippen LogP contribution is -2.48. The third-order valence-corrected chi connectivity index (χ3v) is 7.36. The van der Waals surface area contributed by atoms with Crippen LogP contribution in [-0.2, 0) is 15.7 Å². The molecule has 2 aromatic carbocycles. The van der Waals surface area contributed by atoms with Crippen LogP contribution >= 0.6 is 11.8 Å². The summed E-state index contributed by atoms with van der Waals surface area (Å²) < 4.78 is 33.7. The zero-order chi connectivity index (χ0) is 22.9.